The van der Waals surface area contributed by atoms with Gasteiger partial charge in [0.25, 0.3) is 5.91 Å². The second-order valence-electron chi connectivity index (χ2n) is 7.33. The van der Waals surface area contributed by atoms with E-state index < -0.39 is 6.10 Å². The third-order valence-corrected chi connectivity index (χ3v) is 5.37. The predicted molar refractivity (Wildman–Crippen MR) is 106 cm³/mol. The number of hydroxylamine groups is 2. The van der Waals surface area contributed by atoms with E-state index in [0.29, 0.717) is 28.5 Å². The molecule has 1 aromatic carbocycles. The lowest BCUT2D eigenvalue weighted by Crippen LogP contribution is -2.41. The molecule has 10 heteroatoms. The van der Waals surface area contributed by atoms with E-state index in [1.165, 1.54) is 7.05 Å². The highest BCUT2D eigenvalue weighted by molar-refractivity contribution is 6.30. The first-order chi connectivity index (χ1) is 13.9. The van der Waals surface area contributed by atoms with Crippen LogP contribution in [0.4, 0.5) is 10.5 Å². The van der Waals surface area contributed by atoms with Crippen LogP contribution in [0.5, 0.6) is 0 Å². The molecule has 9 nitrogen and oxygen atoms in total. The topological polar surface area (TPSA) is 99.9 Å². The number of nitrogens with zero attached hydrogens (tertiary/aromatic N) is 4. The Bertz CT molecular complexity index is 962. The standard InChI is InChI=1S/C19H22ClN5O4/c1-11-7-24(19(28)21-13-5-3-4-12(20)6-13)9-15-16(11)22-25-8-14(10-26)29-23(2)18(27)17(15)25/h3-6,11,14,26H,7-10H2,1-2H3,(H,21,28). The lowest BCUT2D eigenvalue weighted by Gasteiger charge is -2.31. The average molecular weight is 420 g/mol. The van der Waals surface area contributed by atoms with Gasteiger partial charge in [-0.25, -0.2) is 9.86 Å². The Morgan fingerprint density at radius 1 is 1.41 bits per heavy atom. The van der Waals surface area contributed by atoms with Crippen molar-refractivity contribution in [3.05, 3.63) is 46.2 Å². The summed E-state index contributed by atoms with van der Waals surface area (Å²) in [6.45, 7) is 2.73. The summed E-state index contributed by atoms with van der Waals surface area (Å²) in [5.41, 5.74) is 2.51. The number of nitrogens with one attached hydrogen (secondary N) is 1. The van der Waals surface area contributed by atoms with Gasteiger partial charge in [0.1, 0.15) is 11.8 Å². The van der Waals surface area contributed by atoms with Gasteiger partial charge in [0, 0.05) is 35.8 Å². The number of benzene rings is 1. The number of carbonyl (C=O) groups is 2. The Morgan fingerprint density at radius 3 is 2.93 bits per heavy atom. The van der Waals surface area contributed by atoms with Crippen LogP contribution in [0.25, 0.3) is 0 Å². The zero-order chi connectivity index (χ0) is 20.7. The fraction of sp³-hybridized carbons (Fsp3) is 0.421. The SMILES string of the molecule is CC1CN(C(=O)Nc2cccc(Cl)c2)Cc2c1nn1c2C(=O)N(C)OC(CO)C1. The summed E-state index contributed by atoms with van der Waals surface area (Å²) in [5, 5.41) is 18.6. The van der Waals surface area contributed by atoms with E-state index in [9.17, 15) is 14.7 Å². The average Bonchev–Trinajstić information content (AvgIpc) is 2.99. The maximum atomic E-state index is 12.9. The van der Waals surface area contributed by atoms with Crippen molar-refractivity contribution in [3.63, 3.8) is 0 Å². The zero-order valence-corrected chi connectivity index (χ0v) is 16.9. The van der Waals surface area contributed by atoms with Crippen molar-refractivity contribution in [2.24, 2.45) is 0 Å². The number of hydrogen-bond acceptors (Lipinski definition) is 5. The number of halogens is 1. The van der Waals surface area contributed by atoms with Gasteiger partial charge in [-0.3, -0.25) is 14.3 Å². The number of aromatic nitrogens is 2. The Labute approximate surface area is 172 Å². The van der Waals surface area contributed by atoms with E-state index in [1.54, 1.807) is 33.8 Å². The molecule has 29 heavy (non-hydrogen) atoms. The van der Waals surface area contributed by atoms with E-state index in [-0.39, 0.29) is 37.6 Å². The summed E-state index contributed by atoms with van der Waals surface area (Å²) in [6.07, 6.45) is -0.566. The minimum Gasteiger partial charge on any atom is -0.393 e. The number of anilines is 1. The van der Waals surface area contributed by atoms with Crippen molar-refractivity contribution in [3.8, 4) is 0 Å². The molecule has 2 aromatic rings. The quantitative estimate of drug-likeness (QED) is 0.776. The van der Waals surface area contributed by atoms with Crippen molar-refractivity contribution >= 4 is 29.2 Å². The van der Waals surface area contributed by atoms with Gasteiger partial charge in [-0.1, -0.05) is 24.6 Å². The molecule has 0 saturated heterocycles. The van der Waals surface area contributed by atoms with Crippen molar-refractivity contribution in [1.82, 2.24) is 19.7 Å². The molecule has 0 spiro atoms. The normalized spacial score (nSPS) is 21.4. The van der Waals surface area contributed by atoms with Gasteiger partial charge in [0.05, 0.1) is 25.4 Å². The first kappa shape index (κ1) is 19.7. The molecule has 0 bridgehead atoms. The van der Waals surface area contributed by atoms with Crippen LogP contribution < -0.4 is 5.32 Å². The maximum absolute atomic E-state index is 12.9. The second-order valence-corrected chi connectivity index (χ2v) is 7.77. The lowest BCUT2D eigenvalue weighted by atomic mass is 9.96. The molecule has 3 heterocycles. The van der Waals surface area contributed by atoms with E-state index >= 15 is 0 Å². The molecule has 0 aliphatic carbocycles. The summed E-state index contributed by atoms with van der Waals surface area (Å²) in [7, 11) is 1.51. The molecule has 0 saturated carbocycles. The van der Waals surface area contributed by atoms with Crippen LogP contribution in [0.2, 0.25) is 5.02 Å². The molecule has 4 rings (SSSR count). The second kappa shape index (κ2) is 7.66. The molecular weight excluding hydrogens is 398 g/mol. The van der Waals surface area contributed by atoms with Gasteiger partial charge in [0.15, 0.2) is 0 Å². The zero-order valence-electron chi connectivity index (χ0n) is 16.1. The number of fused-ring (bicyclic) bond motifs is 3. The largest absolute Gasteiger partial charge is 0.393 e. The number of aliphatic hydroxyl groups is 1. The molecule has 2 aliphatic rings. The molecule has 2 unspecified atom stereocenters. The highest BCUT2D eigenvalue weighted by atomic mass is 35.5. The summed E-state index contributed by atoms with van der Waals surface area (Å²) in [5.74, 6) is -0.395. The number of hydrogen-bond donors (Lipinski definition) is 2. The smallest absolute Gasteiger partial charge is 0.322 e. The third-order valence-electron chi connectivity index (χ3n) is 5.13. The van der Waals surface area contributed by atoms with Crippen LogP contribution in [0.3, 0.4) is 0 Å². The Balaban J connectivity index is 1.63. The third kappa shape index (κ3) is 3.68. The molecule has 3 amide bonds. The molecule has 2 N–H and O–H groups in total. The van der Waals surface area contributed by atoms with Crippen LogP contribution in [0.15, 0.2) is 24.3 Å². The van der Waals surface area contributed by atoms with Crippen LogP contribution in [0.1, 0.15) is 34.6 Å². The first-order valence-electron chi connectivity index (χ1n) is 9.34. The monoisotopic (exact) mass is 419 g/mol. The van der Waals surface area contributed by atoms with Crippen molar-refractivity contribution < 1.29 is 19.5 Å². The summed E-state index contributed by atoms with van der Waals surface area (Å²) >= 11 is 5.99. The molecule has 1 aromatic heterocycles. The fourth-order valence-electron chi connectivity index (χ4n) is 3.77. The van der Waals surface area contributed by atoms with Gasteiger partial charge < -0.3 is 15.3 Å². The number of amides is 3. The first-order valence-corrected chi connectivity index (χ1v) is 9.72. The lowest BCUT2D eigenvalue weighted by molar-refractivity contribution is -0.159. The van der Waals surface area contributed by atoms with Gasteiger partial charge in [-0.2, -0.15) is 5.10 Å². The van der Waals surface area contributed by atoms with Crippen LogP contribution in [-0.2, 0) is 17.9 Å². The maximum Gasteiger partial charge on any atom is 0.322 e. The number of urea groups is 1. The molecule has 0 radical (unpaired) electrons. The van der Waals surface area contributed by atoms with Gasteiger partial charge in [-0.05, 0) is 18.2 Å². The number of rotatable bonds is 2. The van der Waals surface area contributed by atoms with Crippen molar-refractivity contribution in [1.29, 1.82) is 0 Å². The fourth-order valence-corrected chi connectivity index (χ4v) is 3.97. The van der Waals surface area contributed by atoms with Crippen LogP contribution in [0, 0.1) is 0 Å². The van der Waals surface area contributed by atoms with Crippen LogP contribution in [-0.4, -0.2) is 63.1 Å². The Hall–Kier alpha value is -2.62. The van der Waals surface area contributed by atoms with Gasteiger partial charge in [0.2, 0.25) is 0 Å². The van der Waals surface area contributed by atoms with Crippen molar-refractivity contribution in [2.75, 3.05) is 25.5 Å². The Morgan fingerprint density at radius 2 is 2.21 bits per heavy atom. The molecule has 154 valence electrons. The van der Waals surface area contributed by atoms with E-state index in [4.69, 9.17) is 16.4 Å². The van der Waals surface area contributed by atoms with E-state index in [0.717, 1.165) is 10.8 Å². The molecular formula is C19H22ClN5O4. The van der Waals surface area contributed by atoms with Crippen molar-refractivity contribution in [2.45, 2.75) is 32.0 Å². The van der Waals surface area contributed by atoms with E-state index in [1.807, 2.05) is 6.92 Å². The molecule has 2 atom stereocenters. The molecule has 0 fully saturated rings. The summed E-state index contributed by atoms with van der Waals surface area (Å²) < 4.78 is 1.59. The van der Waals surface area contributed by atoms with E-state index in [2.05, 4.69) is 10.4 Å². The minimum atomic E-state index is -0.566. The highest BCUT2D eigenvalue weighted by Crippen LogP contribution is 2.32. The molecule has 2 aliphatic heterocycles. The number of aliphatic hydroxyl groups excluding tert-OH is 1. The van der Waals surface area contributed by atoms with Gasteiger partial charge in [-0.15, -0.1) is 0 Å². The Kier molecular flexibility index (Phi) is 5.20. The number of carbonyl (C=O) groups excluding carboxylic acids is 2. The minimum absolute atomic E-state index is 0.0464. The highest BCUT2D eigenvalue weighted by Gasteiger charge is 2.37. The predicted octanol–water partition coefficient (Wildman–Crippen LogP) is 2.07. The van der Waals surface area contributed by atoms with Crippen LogP contribution >= 0.6 is 11.6 Å². The van der Waals surface area contributed by atoms with Gasteiger partial charge >= 0.3 is 6.03 Å². The summed E-state index contributed by atoms with van der Waals surface area (Å²) in [6, 6.07) is 6.66. The summed E-state index contributed by atoms with van der Waals surface area (Å²) in [4.78, 5) is 32.8.